The van der Waals surface area contributed by atoms with E-state index >= 15 is 0 Å². The maximum absolute atomic E-state index is 12.0. The Morgan fingerprint density at radius 3 is 3.09 bits per heavy atom. The van der Waals surface area contributed by atoms with Crippen molar-refractivity contribution >= 4 is 22.4 Å². The molecular formula is C16H19N3O3S. The number of aromatic nitrogens is 2. The number of amides is 1. The first-order valence-corrected chi connectivity index (χ1v) is 8.53. The van der Waals surface area contributed by atoms with E-state index in [1.54, 1.807) is 0 Å². The van der Waals surface area contributed by atoms with Gasteiger partial charge >= 0.3 is 0 Å². The highest BCUT2D eigenvalue weighted by Crippen LogP contribution is 2.31. The lowest BCUT2D eigenvalue weighted by Gasteiger charge is -2.09. The van der Waals surface area contributed by atoms with E-state index in [-0.39, 0.29) is 18.6 Å². The summed E-state index contributed by atoms with van der Waals surface area (Å²) in [6.07, 6.45) is 2.88. The molecule has 1 amide bonds. The van der Waals surface area contributed by atoms with Gasteiger partial charge in [0.25, 0.3) is 5.91 Å². The minimum Gasteiger partial charge on any atom is -0.483 e. The highest BCUT2D eigenvalue weighted by atomic mass is 32.1. The molecule has 1 aliphatic rings. The molecule has 0 radical (unpaired) electrons. The number of carbonyl (C=O) groups is 1. The molecule has 6 nitrogen and oxygen atoms in total. The Kier molecular flexibility index (Phi) is 5.19. The monoisotopic (exact) mass is 333 g/mol. The first kappa shape index (κ1) is 15.9. The van der Waals surface area contributed by atoms with E-state index in [1.807, 2.05) is 24.3 Å². The van der Waals surface area contributed by atoms with E-state index in [4.69, 9.17) is 9.47 Å². The lowest BCUT2D eigenvalue weighted by atomic mass is 10.1. The van der Waals surface area contributed by atoms with Crippen molar-refractivity contribution in [3.8, 4) is 5.75 Å². The van der Waals surface area contributed by atoms with Gasteiger partial charge in [-0.2, -0.15) is 0 Å². The summed E-state index contributed by atoms with van der Waals surface area (Å²) in [6.45, 7) is 2.76. The van der Waals surface area contributed by atoms with Gasteiger partial charge in [-0.15, -0.1) is 10.2 Å². The van der Waals surface area contributed by atoms with Gasteiger partial charge in [0.05, 0.1) is 0 Å². The van der Waals surface area contributed by atoms with Gasteiger partial charge in [0, 0.05) is 6.61 Å². The van der Waals surface area contributed by atoms with Crippen molar-refractivity contribution in [3.05, 3.63) is 34.8 Å². The third-order valence-corrected chi connectivity index (χ3v) is 4.54. The molecule has 2 aromatic rings. The quantitative estimate of drug-likeness (QED) is 0.880. The number of nitrogens with zero attached hydrogens (tertiary/aromatic N) is 2. The Morgan fingerprint density at radius 2 is 2.30 bits per heavy atom. The molecule has 1 aliphatic heterocycles. The van der Waals surface area contributed by atoms with Crippen LogP contribution in [-0.2, 0) is 16.0 Å². The van der Waals surface area contributed by atoms with Crippen LogP contribution in [-0.4, -0.2) is 29.3 Å². The van der Waals surface area contributed by atoms with Gasteiger partial charge in [-0.05, 0) is 30.9 Å². The van der Waals surface area contributed by atoms with Crippen LogP contribution in [0.25, 0.3) is 0 Å². The normalized spacial score (nSPS) is 17.2. The number of carbonyl (C=O) groups excluding carboxylic acids is 1. The lowest BCUT2D eigenvalue weighted by Crippen LogP contribution is -2.20. The maximum Gasteiger partial charge on any atom is 0.264 e. The average molecular weight is 333 g/mol. The van der Waals surface area contributed by atoms with Gasteiger partial charge < -0.3 is 9.47 Å². The molecular weight excluding hydrogens is 314 g/mol. The predicted molar refractivity (Wildman–Crippen MR) is 87.8 cm³/mol. The highest BCUT2D eigenvalue weighted by Gasteiger charge is 2.22. The molecule has 1 fully saturated rings. The van der Waals surface area contributed by atoms with Gasteiger partial charge in [-0.1, -0.05) is 36.5 Å². The number of ether oxygens (including phenoxy) is 2. The standard InChI is InChI=1S/C16H19N3O3S/c1-2-11-6-3-4-7-12(11)22-10-14(20)17-16-19-18-15(23-16)13-8-5-9-21-13/h3-4,6-7,13H,2,5,8-10H2,1H3,(H,17,19,20)/t13-/m1/s1. The summed E-state index contributed by atoms with van der Waals surface area (Å²) in [5, 5.41) is 12.1. The SMILES string of the molecule is CCc1ccccc1OCC(=O)Nc1nnc([C@H]2CCCO2)s1. The summed E-state index contributed by atoms with van der Waals surface area (Å²) in [5.74, 6) is 0.494. The Hall–Kier alpha value is -1.99. The number of anilines is 1. The van der Waals surface area contributed by atoms with Crippen molar-refractivity contribution in [3.63, 3.8) is 0 Å². The number of hydrogen-bond donors (Lipinski definition) is 1. The van der Waals surface area contributed by atoms with Gasteiger partial charge in [-0.25, -0.2) is 0 Å². The molecule has 1 N–H and O–H groups in total. The molecule has 23 heavy (non-hydrogen) atoms. The van der Waals surface area contributed by atoms with Crippen LogP contribution in [0.2, 0.25) is 0 Å². The zero-order chi connectivity index (χ0) is 16.1. The van der Waals surface area contributed by atoms with Crippen molar-refractivity contribution < 1.29 is 14.3 Å². The molecule has 7 heteroatoms. The molecule has 0 aliphatic carbocycles. The summed E-state index contributed by atoms with van der Waals surface area (Å²) in [6, 6.07) is 7.71. The fourth-order valence-corrected chi connectivity index (χ4v) is 3.27. The molecule has 0 saturated carbocycles. The second kappa shape index (κ2) is 7.52. The fraction of sp³-hybridized carbons (Fsp3) is 0.438. The largest absolute Gasteiger partial charge is 0.483 e. The van der Waals surface area contributed by atoms with Crippen LogP contribution in [0.4, 0.5) is 5.13 Å². The molecule has 2 heterocycles. The molecule has 0 unspecified atom stereocenters. The third-order valence-electron chi connectivity index (χ3n) is 3.60. The number of hydrogen-bond acceptors (Lipinski definition) is 6. The van der Waals surface area contributed by atoms with Crippen LogP contribution in [0.5, 0.6) is 5.75 Å². The van der Waals surface area contributed by atoms with Crippen molar-refractivity contribution in [2.24, 2.45) is 0 Å². The summed E-state index contributed by atoms with van der Waals surface area (Å²) in [5.41, 5.74) is 1.08. The first-order chi connectivity index (χ1) is 11.3. The van der Waals surface area contributed by atoms with Crippen LogP contribution < -0.4 is 10.1 Å². The van der Waals surface area contributed by atoms with E-state index in [0.717, 1.165) is 42.2 Å². The van der Waals surface area contributed by atoms with E-state index in [9.17, 15) is 4.79 Å². The smallest absolute Gasteiger partial charge is 0.264 e. The van der Waals surface area contributed by atoms with Crippen LogP contribution in [0.1, 0.15) is 36.4 Å². The highest BCUT2D eigenvalue weighted by molar-refractivity contribution is 7.15. The van der Waals surface area contributed by atoms with E-state index in [1.165, 1.54) is 11.3 Å². The van der Waals surface area contributed by atoms with Crippen LogP contribution in [0.15, 0.2) is 24.3 Å². The molecule has 0 spiro atoms. The fourth-order valence-electron chi connectivity index (χ4n) is 2.42. The molecule has 1 atom stereocenters. The van der Waals surface area contributed by atoms with Gasteiger partial charge in [0.15, 0.2) is 6.61 Å². The molecule has 1 aromatic heterocycles. The van der Waals surface area contributed by atoms with Gasteiger partial charge in [0.2, 0.25) is 5.13 Å². The molecule has 3 rings (SSSR count). The zero-order valence-electron chi connectivity index (χ0n) is 12.9. The number of benzene rings is 1. The number of rotatable bonds is 6. The summed E-state index contributed by atoms with van der Waals surface area (Å²) >= 11 is 1.35. The summed E-state index contributed by atoms with van der Waals surface area (Å²) < 4.78 is 11.1. The predicted octanol–water partition coefficient (Wildman–Crippen LogP) is 2.97. The van der Waals surface area contributed by atoms with Crippen molar-refractivity contribution in [2.75, 3.05) is 18.5 Å². The van der Waals surface area contributed by atoms with Crippen LogP contribution in [0, 0.1) is 0 Å². The third kappa shape index (κ3) is 4.05. The van der Waals surface area contributed by atoms with Crippen molar-refractivity contribution in [1.29, 1.82) is 0 Å². The Bertz CT molecular complexity index is 668. The Balaban J connectivity index is 1.53. The van der Waals surface area contributed by atoms with E-state index in [0.29, 0.717) is 5.13 Å². The lowest BCUT2D eigenvalue weighted by molar-refractivity contribution is -0.118. The van der Waals surface area contributed by atoms with E-state index < -0.39 is 0 Å². The second-order valence-electron chi connectivity index (χ2n) is 5.25. The van der Waals surface area contributed by atoms with E-state index in [2.05, 4.69) is 22.4 Å². The van der Waals surface area contributed by atoms with Crippen molar-refractivity contribution in [2.45, 2.75) is 32.3 Å². The summed E-state index contributed by atoms with van der Waals surface area (Å²) in [7, 11) is 0. The Labute approximate surface area is 138 Å². The molecule has 1 saturated heterocycles. The number of para-hydroxylation sites is 1. The number of nitrogens with one attached hydrogen (secondary N) is 1. The zero-order valence-corrected chi connectivity index (χ0v) is 13.8. The van der Waals surface area contributed by atoms with Gasteiger partial charge in [-0.3, -0.25) is 10.1 Å². The first-order valence-electron chi connectivity index (χ1n) is 7.72. The minimum atomic E-state index is -0.244. The maximum atomic E-state index is 12.0. The second-order valence-corrected chi connectivity index (χ2v) is 6.25. The van der Waals surface area contributed by atoms with Crippen LogP contribution in [0.3, 0.4) is 0 Å². The molecule has 0 bridgehead atoms. The number of aryl methyl sites for hydroxylation is 1. The van der Waals surface area contributed by atoms with Gasteiger partial charge in [0.1, 0.15) is 16.9 Å². The summed E-state index contributed by atoms with van der Waals surface area (Å²) in [4.78, 5) is 12.0. The molecule has 1 aromatic carbocycles. The molecule has 122 valence electrons. The topological polar surface area (TPSA) is 73.3 Å². The Morgan fingerprint density at radius 1 is 1.43 bits per heavy atom. The average Bonchev–Trinajstić information content (AvgIpc) is 3.24. The van der Waals surface area contributed by atoms with Crippen molar-refractivity contribution in [1.82, 2.24) is 10.2 Å². The van der Waals surface area contributed by atoms with Crippen LogP contribution >= 0.6 is 11.3 Å². The minimum absolute atomic E-state index is 0.0193.